The lowest BCUT2D eigenvalue weighted by molar-refractivity contribution is 0.531. The Morgan fingerprint density at radius 2 is 1.90 bits per heavy atom. The second kappa shape index (κ2) is 6.51. The average Bonchev–Trinajstić information content (AvgIpc) is 2.89. The van der Waals surface area contributed by atoms with E-state index >= 15 is 0 Å². The maximum Gasteiger partial charge on any atom is 0.110 e. The van der Waals surface area contributed by atoms with E-state index < -0.39 is 0 Å². The molecule has 0 saturated heterocycles. The first kappa shape index (κ1) is 15.2. The van der Waals surface area contributed by atoms with Gasteiger partial charge in [-0.1, -0.05) is 58.0 Å². The largest absolute Gasteiger partial charge is 0.308 e. The van der Waals surface area contributed by atoms with Crippen molar-refractivity contribution in [3.63, 3.8) is 0 Å². The normalized spacial score (nSPS) is 13.4. The van der Waals surface area contributed by atoms with E-state index in [2.05, 4.69) is 68.7 Å². The topological polar surface area (TPSA) is 24.9 Å². The molecule has 1 heterocycles. The zero-order valence-corrected chi connectivity index (χ0v) is 13.6. The fourth-order valence-electron chi connectivity index (χ4n) is 2.14. The molecule has 2 aromatic rings. The van der Waals surface area contributed by atoms with E-state index in [4.69, 9.17) is 4.98 Å². The van der Waals surface area contributed by atoms with E-state index in [1.807, 2.05) is 0 Å². The molecule has 0 saturated carbocycles. The minimum atomic E-state index is 0.123. The van der Waals surface area contributed by atoms with E-state index in [-0.39, 0.29) is 5.41 Å². The average molecular weight is 288 g/mol. The van der Waals surface area contributed by atoms with Crippen LogP contribution in [0.5, 0.6) is 0 Å². The van der Waals surface area contributed by atoms with Crippen molar-refractivity contribution in [1.29, 1.82) is 0 Å². The SMILES string of the molecule is CCNC(Cc1ccccc1)c1nc(C(C)(C)C)cs1. The Hall–Kier alpha value is -1.19. The Bertz CT molecular complexity index is 525. The van der Waals surface area contributed by atoms with Gasteiger partial charge in [-0.05, 0) is 18.5 Å². The summed E-state index contributed by atoms with van der Waals surface area (Å²) in [6.45, 7) is 9.75. The van der Waals surface area contributed by atoms with E-state index in [0.717, 1.165) is 13.0 Å². The highest BCUT2D eigenvalue weighted by atomic mass is 32.1. The molecule has 3 heteroatoms. The van der Waals surface area contributed by atoms with Crippen LogP contribution in [-0.4, -0.2) is 11.5 Å². The summed E-state index contributed by atoms with van der Waals surface area (Å²) in [5.74, 6) is 0. The second-order valence-electron chi connectivity index (χ2n) is 6.12. The van der Waals surface area contributed by atoms with Crippen molar-refractivity contribution in [1.82, 2.24) is 10.3 Å². The van der Waals surface area contributed by atoms with Crippen LogP contribution in [-0.2, 0) is 11.8 Å². The van der Waals surface area contributed by atoms with Gasteiger partial charge in [-0.2, -0.15) is 0 Å². The van der Waals surface area contributed by atoms with Crippen LogP contribution < -0.4 is 5.32 Å². The minimum Gasteiger partial charge on any atom is -0.308 e. The lowest BCUT2D eigenvalue weighted by Crippen LogP contribution is -2.23. The molecular formula is C17H24N2S. The molecule has 2 rings (SSSR count). The van der Waals surface area contributed by atoms with Gasteiger partial charge in [-0.3, -0.25) is 0 Å². The zero-order chi connectivity index (χ0) is 14.6. The van der Waals surface area contributed by atoms with Gasteiger partial charge >= 0.3 is 0 Å². The van der Waals surface area contributed by atoms with Crippen molar-refractivity contribution in [2.75, 3.05) is 6.54 Å². The number of nitrogens with zero attached hydrogens (tertiary/aromatic N) is 1. The Morgan fingerprint density at radius 1 is 1.20 bits per heavy atom. The van der Waals surface area contributed by atoms with Crippen LogP contribution in [0.15, 0.2) is 35.7 Å². The van der Waals surface area contributed by atoms with Crippen molar-refractivity contribution in [2.24, 2.45) is 0 Å². The highest BCUT2D eigenvalue weighted by molar-refractivity contribution is 7.09. The highest BCUT2D eigenvalue weighted by Gasteiger charge is 2.21. The summed E-state index contributed by atoms with van der Waals surface area (Å²) in [5.41, 5.74) is 2.66. The van der Waals surface area contributed by atoms with Crippen molar-refractivity contribution in [2.45, 2.75) is 45.6 Å². The minimum absolute atomic E-state index is 0.123. The molecular weight excluding hydrogens is 264 g/mol. The highest BCUT2D eigenvalue weighted by Crippen LogP contribution is 2.28. The molecule has 1 atom stereocenters. The van der Waals surface area contributed by atoms with Gasteiger partial charge in [-0.25, -0.2) is 4.98 Å². The Balaban J connectivity index is 2.18. The predicted octanol–water partition coefficient (Wildman–Crippen LogP) is 4.33. The van der Waals surface area contributed by atoms with Crippen LogP contribution in [0, 0.1) is 0 Å². The Morgan fingerprint density at radius 3 is 2.45 bits per heavy atom. The third kappa shape index (κ3) is 3.90. The van der Waals surface area contributed by atoms with Crippen LogP contribution in [0.4, 0.5) is 0 Å². The third-order valence-electron chi connectivity index (χ3n) is 3.32. The summed E-state index contributed by atoms with van der Waals surface area (Å²) in [5, 5.41) is 6.95. The first-order chi connectivity index (χ1) is 9.50. The van der Waals surface area contributed by atoms with Crippen molar-refractivity contribution >= 4 is 11.3 Å². The molecule has 20 heavy (non-hydrogen) atoms. The molecule has 0 fully saturated rings. The molecule has 0 aliphatic heterocycles. The molecule has 0 aliphatic rings. The van der Waals surface area contributed by atoms with E-state index in [1.54, 1.807) is 11.3 Å². The van der Waals surface area contributed by atoms with E-state index in [9.17, 15) is 0 Å². The van der Waals surface area contributed by atoms with Crippen LogP contribution >= 0.6 is 11.3 Å². The molecule has 0 amide bonds. The maximum atomic E-state index is 4.85. The summed E-state index contributed by atoms with van der Waals surface area (Å²) in [6.07, 6.45) is 0.992. The maximum absolute atomic E-state index is 4.85. The van der Waals surface area contributed by atoms with Crippen molar-refractivity contribution in [3.8, 4) is 0 Å². The van der Waals surface area contributed by atoms with Gasteiger partial charge in [0.2, 0.25) is 0 Å². The second-order valence-corrected chi connectivity index (χ2v) is 7.01. The first-order valence-electron chi connectivity index (χ1n) is 7.24. The lowest BCUT2D eigenvalue weighted by Gasteiger charge is -2.17. The number of likely N-dealkylation sites (N-methyl/N-ethyl adjacent to an activating group) is 1. The summed E-state index contributed by atoms with van der Waals surface area (Å²) in [7, 11) is 0. The molecule has 108 valence electrons. The van der Waals surface area contributed by atoms with Crippen molar-refractivity contribution in [3.05, 3.63) is 52.0 Å². The lowest BCUT2D eigenvalue weighted by atomic mass is 9.93. The van der Waals surface area contributed by atoms with E-state index in [0.29, 0.717) is 6.04 Å². The number of benzene rings is 1. The van der Waals surface area contributed by atoms with Gasteiger partial charge < -0.3 is 5.32 Å². The summed E-state index contributed by atoms with van der Waals surface area (Å²) in [6, 6.07) is 10.9. The van der Waals surface area contributed by atoms with Gasteiger partial charge in [0.25, 0.3) is 0 Å². The molecule has 1 aromatic carbocycles. The van der Waals surface area contributed by atoms with Gasteiger partial charge in [0.1, 0.15) is 5.01 Å². The summed E-state index contributed by atoms with van der Waals surface area (Å²) < 4.78 is 0. The van der Waals surface area contributed by atoms with Gasteiger partial charge in [0.15, 0.2) is 0 Å². The van der Waals surface area contributed by atoms with Crippen molar-refractivity contribution < 1.29 is 0 Å². The monoisotopic (exact) mass is 288 g/mol. The summed E-state index contributed by atoms with van der Waals surface area (Å²) in [4.78, 5) is 4.85. The predicted molar refractivity (Wildman–Crippen MR) is 87.4 cm³/mol. The molecule has 0 spiro atoms. The number of hydrogen-bond donors (Lipinski definition) is 1. The quantitative estimate of drug-likeness (QED) is 0.885. The molecule has 0 bridgehead atoms. The number of rotatable bonds is 5. The van der Waals surface area contributed by atoms with Gasteiger partial charge in [0, 0.05) is 10.8 Å². The van der Waals surface area contributed by atoms with Crippen LogP contribution in [0.2, 0.25) is 0 Å². The first-order valence-corrected chi connectivity index (χ1v) is 8.12. The fraction of sp³-hybridized carbons (Fsp3) is 0.471. The third-order valence-corrected chi connectivity index (χ3v) is 4.28. The van der Waals surface area contributed by atoms with Gasteiger partial charge in [0.05, 0.1) is 11.7 Å². The van der Waals surface area contributed by atoms with Crippen LogP contribution in [0.3, 0.4) is 0 Å². The standard InChI is InChI=1S/C17H24N2S/c1-5-18-14(11-13-9-7-6-8-10-13)16-19-15(12-20-16)17(2,3)4/h6-10,12,14,18H,5,11H2,1-4H3. The Kier molecular flexibility index (Phi) is 4.95. The van der Waals surface area contributed by atoms with Gasteiger partial charge in [-0.15, -0.1) is 11.3 Å². The smallest absolute Gasteiger partial charge is 0.110 e. The zero-order valence-electron chi connectivity index (χ0n) is 12.8. The number of hydrogen-bond acceptors (Lipinski definition) is 3. The summed E-state index contributed by atoms with van der Waals surface area (Å²) >= 11 is 1.77. The molecule has 0 radical (unpaired) electrons. The molecule has 1 unspecified atom stereocenters. The number of aromatic nitrogens is 1. The fourth-order valence-corrected chi connectivity index (χ4v) is 3.26. The Labute approximate surface area is 126 Å². The molecule has 1 N–H and O–H groups in total. The van der Waals surface area contributed by atoms with E-state index in [1.165, 1.54) is 16.3 Å². The molecule has 0 aliphatic carbocycles. The molecule has 2 nitrogen and oxygen atoms in total. The number of nitrogens with one attached hydrogen (secondary N) is 1. The molecule has 1 aromatic heterocycles. The van der Waals surface area contributed by atoms with Crippen LogP contribution in [0.25, 0.3) is 0 Å². The number of thiazole rings is 1. The van der Waals surface area contributed by atoms with Crippen LogP contribution in [0.1, 0.15) is 50.0 Å².